The number of rotatable bonds is 1. The number of alkyl carbamates (subject to hydrolysis) is 1. The lowest BCUT2D eigenvalue weighted by atomic mass is 9.66. The van der Waals surface area contributed by atoms with Gasteiger partial charge in [0.15, 0.2) is 0 Å². The maximum atomic E-state index is 12.4. The molecule has 0 bridgehead atoms. The lowest BCUT2D eigenvalue weighted by Crippen LogP contribution is -2.46. The van der Waals surface area contributed by atoms with Crippen molar-refractivity contribution in [1.82, 2.24) is 10.4 Å². The molecule has 30 heavy (non-hydrogen) atoms. The summed E-state index contributed by atoms with van der Waals surface area (Å²) in [6.45, 7) is 7.60. The number of ether oxygens (including phenoxy) is 2. The first-order valence-corrected chi connectivity index (χ1v) is 10.7. The number of aliphatic imine (C=N–C) groups is 1. The summed E-state index contributed by atoms with van der Waals surface area (Å²) in [7, 11) is 3.57. The molecule has 1 heterocycles. The lowest BCUT2D eigenvalue weighted by Gasteiger charge is -2.45. The second-order valence-corrected chi connectivity index (χ2v) is 9.85. The number of amides is 1. The number of hydrogen-bond acceptors (Lipinski definition) is 6. The Morgan fingerprint density at radius 3 is 2.63 bits per heavy atom. The van der Waals surface area contributed by atoms with Crippen LogP contribution in [0.3, 0.4) is 0 Å². The van der Waals surface area contributed by atoms with Crippen molar-refractivity contribution in [2.45, 2.75) is 77.2 Å². The highest BCUT2D eigenvalue weighted by Crippen LogP contribution is 2.62. The van der Waals surface area contributed by atoms with E-state index in [4.69, 9.17) is 19.3 Å². The highest BCUT2D eigenvalue weighted by Gasteiger charge is 2.63. The lowest BCUT2D eigenvalue weighted by molar-refractivity contribution is -0.232. The third-order valence-corrected chi connectivity index (χ3v) is 6.54. The third-order valence-electron chi connectivity index (χ3n) is 6.54. The molecule has 2 aliphatic carbocycles. The van der Waals surface area contributed by atoms with Gasteiger partial charge in [0.2, 0.25) is 11.7 Å². The Hall–Kier alpha value is -2.12. The number of carbonyl (C=O) groups excluding carboxylic acids is 1. The van der Waals surface area contributed by atoms with Crippen molar-refractivity contribution in [1.29, 1.82) is 0 Å². The van der Waals surface area contributed by atoms with Crippen molar-refractivity contribution in [2.75, 3.05) is 14.2 Å². The van der Waals surface area contributed by atoms with E-state index in [1.165, 1.54) is 11.1 Å². The van der Waals surface area contributed by atoms with Gasteiger partial charge in [-0.3, -0.25) is 5.32 Å². The summed E-state index contributed by atoms with van der Waals surface area (Å²) < 4.78 is 11.0. The number of hydrogen-bond donors (Lipinski definition) is 1. The van der Waals surface area contributed by atoms with E-state index in [0.29, 0.717) is 5.96 Å². The van der Waals surface area contributed by atoms with Crippen molar-refractivity contribution in [2.24, 2.45) is 10.4 Å². The minimum Gasteiger partial charge on any atom is -0.444 e. The molecule has 3 aliphatic rings. The van der Waals surface area contributed by atoms with E-state index < -0.39 is 17.4 Å². The molecule has 2 spiro atoms. The molecule has 1 unspecified atom stereocenters. The first-order valence-electron chi connectivity index (χ1n) is 10.7. The van der Waals surface area contributed by atoms with E-state index in [-0.39, 0.29) is 11.5 Å². The highest BCUT2D eigenvalue weighted by molar-refractivity contribution is 5.94. The van der Waals surface area contributed by atoms with Gasteiger partial charge in [-0.15, -0.1) is 0 Å². The van der Waals surface area contributed by atoms with Crippen LogP contribution in [0.4, 0.5) is 4.79 Å². The van der Waals surface area contributed by atoms with E-state index in [9.17, 15) is 4.79 Å². The maximum Gasteiger partial charge on any atom is 0.414 e. The van der Waals surface area contributed by atoms with Gasteiger partial charge in [0.05, 0.1) is 6.10 Å². The normalized spacial score (nSPS) is 30.5. The largest absolute Gasteiger partial charge is 0.444 e. The van der Waals surface area contributed by atoms with E-state index >= 15 is 0 Å². The van der Waals surface area contributed by atoms with Crippen LogP contribution in [-0.4, -0.2) is 43.0 Å². The van der Waals surface area contributed by atoms with Gasteiger partial charge < -0.3 is 9.47 Å². The summed E-state index contributed by atoms with van der Waals surface area (Å²) in [6.07, 6.45) is 4.52. The highest BCUT2D eigenvalue weighted by atomic mass is 16.7. The molecule has 7 heteroatoms. The van der Waals surface area contributed by atoms with E-state index in [2.05, 4.69) is 30.4 Å². The molecule has 164 valence electrons. The van der Waals surface area contributed by atoms with Crippen molar-refractivity contribution >= 4 is 12.1 Å². The summed E-state index contributed by atoms with van der Waals surface area (Å²) in [5, 5.41) is 4.36. The third kappa shape index (κ3) is 3.48. The molecule has 1 aliphatic heterocycles. The second-order valence-electron chi connectivity index (χ2n) is 9.85. The van der Waals surface area contributed by atoms with Gasteiger partial charge in [-0.05, 0) is 65.4 Å². The van der Waals surface area contributed by atoms with Crippen LogP contribution in [-0.2, 0) is 26.5 Å². The number of benzene rings is 1. The molecule has 0 radical (unpaired) electrons. The average molecular weight is 416 g/mol. The molecular weight excluding hydrogens is 382 g/mol. The van der Waals surface area contributed by atoms with Crippen LogP contribution in [0.2, 0.25) is 0 Å². The first-order chi connectivity index (χ1) is 14.1. The Morgan fingerprint density at radius 1 is 1.30 bits per heavy atom. The zero-order valence-electron chi connectivity index (χ0n) is 18.9. The molecule has 1 aromatic carbocycles. The van der Waals surface area contributed by atoms with Gasteiger partial charge in [-0.25, -0.2) is 19.7 Å². The Kier molecular flexibility index (Phi) is 5.10. The molecule has 1 atom stereocenters. The first kappa shape index (κ1) is 21.1. The minimum absolute atomic E-state index is 0.163. The van der Waals surface area contributed by atoms with Crippen LogP contribution in [0, 0.1) is 12.3 Å². The Bertz CT molecular complexity index is 868. The molecule has 4 rings (SSSR count). The van der Waals surface area contributed by atoms with Crippen molar-refractivity contribution in [3.05, 3.63) is 34.9 Å². The van der Waals surface area contributed by atoms with Gasteiger partial charge in [-0.2, -0.15) is 0 Å². The Morgan fingerprint density at radius 2 is 2.00 bits per heavy atom. The van der Waals surface area contributed by atoms with E-state index in [1.54, 1.807) is 19.2 Å². The van der Waals surface area contributed by atoms with Crippen LogP contribution in [0.25, 0.3) is 0 Å². The number of carbonyl (C=O) groups is 1. The molecule has 1 fully saturated rings. The summed E-state index contributed by atoms with van der Waals surface area (Å²) in [5.74, 6) is 0.381. The van der Waals surface area contributed by atoms with Crippen LogP contribution >= 0.6 is 0 Å². The van der Waals surface area contributed by atoms with Crippen LogP contribution in [0.5, 0.6) is 0 Å². The predicted molar refractivity (Wildman–Crippen MR) is 114 cm³/mol. The molecule has 0 aromatic heterocycles. The van der Waals surface area contributed by atoms with Gasteiger partial charge in [0.1, 0.15) is 5.60 Å². The van der Waals surface area contributed by atoms with Crippen molar-refractivity contribution < 1.29 is 19.1 Å². The van der Waals surface area contributed by atoms with Crippen molar-refractivity contribution in [3.8, 4) is 0 Å². The van der Waals surface area contributed by atoms with Gasteiger partial charge >= 0.3 is 6.09 Å². The number of aryl methyl sites for hydroxylation is 1. The van der Waals surface area contributed by atoms with Crippen LogP contribution in [0.1, 0.15) is 63.1 Å². The summed E-state index contributed by atoms with van der Waals surface area (Å²) in [6, 6.07) is 6.52. The van der Waals surface area contributed by atoms with Crippen LogP contribution in [0.15, 0.2) is 23.2 Å². The molecule has 1 saturated carbocycles. The van der Waals surface area contributed by atoms with Crippen molar-refractivity contribution in [3.63, 3.8) is 0 Å². The number of guanidine groups is 1. The number of fused-ring (bicyclic) bond motifs is 3. The zero-order chi connectivity index (χ0) is 21.7. The standard InChI is InChI=1S/C23H33N3O4/c1-15-7-8-16-14-22(11-9-17(28-6)10-12-22)23(18(16)13-15)25-19(26(5)30-23)24-20(27)29-21(2,3)4/h7-8,13,17H,9-12,14H2,1-6H3,(H,24,25,27). The topological polar surface area (TPSA) is 72.4 Å². The summed E-state index contributed by atoms with van der Waals surface area (Å²) in [5.41, 5.74) is 1.96. The van der Waals surface area contributed by atoms with Gasteiger partial charge in [0, 0.05) is 25.1 Å². The summed E-state index contributed by atoms with van der Waals surface area (Å²) >= 11 is 0. The quantitative estimate of drug-likeness (QED) is 0.750. The fourth-order valence-electron chi connectivity index (χ4n) is 5.13. The molecule has 7 nitrogen and oxygen atoms in total. The molecule has 1 N–H and O–H groups in total. The number of hydroxylamine groups is 2. The summed E-state index contributed by atoms with van der Waals surface area (Å²) in [4.78, 5) is 24.0. The molecule has 1 amide bonds. The number of methoxy groups -OCH3 is 1. The molecule has 1 aromatic rings. The smallest absolute Gasteiger partial charge is 0.414 e. The number of nitrogens with one attached hydrogen (secondary N) is 1. The average Bonchev–Trinajstić information content (AvgIpc) is 3.10. The Balaban J connectivity index is 1.72. The fourth-order valence-corrected chi connectivity index (χ4v) is 5.13. The molecular formula is C23H33N3O4. The SMILES string of the molecule is COC1CCC2(CC1)Cc1ccc(C)cc1C21N=C(NC(=O)OC(C)(C)C)N(C)O1. The van der Waals surface area contributed by atoms with Gasteiger partial charge in [0.25, 0.3) is 0 Å². The van der Waals surface area contributed by atoms with E-state index in [1.807, 2.05) is 20.8 Å². The number of nitrogens with zero attached hydrogens (tertiary/aromatic N) is 2. The van der Waals surface area contributed by atoms with Crippen LogP contribution < -0.4 is 5.32 Å². The predicted octanol–water partition coefficient (Wildman–Crippen LogP) is 4.04. The fraction of sp³-hybridized carbons (Fsp3) is 0.652. The monoisotopic (exact) mass is 415 g/mol. The Labute approximate surface area is 178 Å². The minimum atomic E-state index is -0.841. The molecule has 0 saturated heterocycles. The zero-order valence-corrected chi connectivity index (χ0v) is 18.9. The maximum absolute atomic E-state index is 12.4. The second kappa shape index (κ2) is 7.24. The van der Waals surface area contributed by atoms with E-state index in [0.717, 1.165) is 37.7 Å². The van der Waals surface area contributed by atoms with Gasteiger partial charge in [-0.1, -0.05) is 23.8 Å².